The Morgan fingerprint density at radius 3 is 2.92 bits per heavy atom. The normalized spacial score (nSPS) is 22.0. The standard InChI is InChI=1S/C20H22FN3O2/c21-7-1-4-19(25)23-11-14-9-17(13-23)24(12-14)20(26)16-6-5-15-3-2-8-22-18(15)10-16/h2-3,5-6,8,10,14,17H,1,4,7,9,11-13H2. The molecule has 2 unspecified atom stereocenters. The van der Waals surface area contributed by atoms with Crippen LogP contribution >= 0.6 is 0 Å². The average molecular weight is 355 g/mol. The van der Waals surface area contributed by atoms with Crippen molar-refractivity contribution in [1.29, 1.82) is 0 Å². The number of benzene rings is 1. The van der Waals surface area contributed by atoms with Gasteiger partial charge in [-0.05, 0) is 37.0 Å². The highest BCUT2D eigenvalue weighted by Gasteiger charge is 2.42. The van der Waals surface area contributed by atoms with Crippen LogP contribution in [0.3, 0.4) is 0 Å². The highest BCUT2D eigenvalue weighted by molar-refractivity contribution is 5.98. The summed E-state index contributed by atoms with van der Waals surface area (Å²) >= 11 is 0. The van der Waals surface area contributed by atoms with Gasteiger partial charge in [-0.25, -0.2) is 0 Å². The lowest BCUT2D eigenvalue weighted by Gasteiger charge is -2.33. The molecule has 2 aromatic rings. The SMILES string of the molecule is O=C(CCCF)N1CC2CC(C1)N(C(=O)c1ccc3cccnc3c1)C2. The van der Waals surface area contributed by atoms with Crippen molar-refractivity contribution in [3.8, 4) is 0 Å². The Morgan fingerprint density at radius 2 is 2.08 bits per heavy atom. The van der Waals surface area contributed by atoms with Gasteiger partial charge < -0.3 is 9.80 Å². The summed E-state index contributed by atoms with van der Waals surface area (Å²) in [6.45, 7) is 1.44. The minimum Gasteiger partial charge on any atom is -0.340 e. The van der Waals surface area contributed by atoms with Crippen LogP contribution in [0.5, 0.6) is 0 Å². The third-order valence-corrected chi connectivity index (χ3v) is 5.40. The zero-order chi connectivity index (χ0) is 18.1. The number of amides is 2. The van der Waals surface area contributed by atoms with E-state index in [4.69, 9.17) is 0 Å². The third-order valence-electron chi connectivity index (χ3n) is 5.40. The van der Waals surface area contributed by atoms with Crippen LogP contribution in [-0.4, -0.2) is 58.9 Å². The van der Waals surface area contributed by atoms with Crippen molar-refractivity contribution in [3.63, 3.8) is 0 Å². The molecule has 1 aromatic heterocycles. The number of nitrogens with zero attached hydrogens (tertiary/aromatic N) is 3. The number of rotatable bonds is 4. The van der Waals surface area contributed by atoms with Gasteiger partial charge in [-0.15, -0.1) is 0 Å². The number of carbonyl (C=O) groups excluding carboxylic acids is 2. The van der Waals surface area contributed by atoms with Gasteiger partial charge in [0.25, 0.3) is 5.91 Å². The number of carbonyl (C=O) groups is 2. The molecule has 0 aliphatic carbocycles. The molecule has 2 aliphatic rings. The number of piperidine rings is 1. The van der Waals surface area contributed by atoms with Crippen molar-refractivity contribution < 1.29 is 14.0 Å². The highest BCUT2D eigenvalue weighted by atomic mass is 19.1. The van der Waals surface area contributed by atoms with Crippen molar-refractivity contribution >= 4 is 22.7 Å². The Hall–Kier alpha value is -2.50. The Labute approximate surface area is 151 Å². The summed E-state index contributed by atoms with van der Waals surface area (Å²) in [5.74, 6) is 0.315. The molecule has 1 aromatic carbocycles. The zero-order valence-corrected chi connectivity index (χ0v) is 14.6. The summed E-state index contributed by atoms with van der Waals surface area (Å²) in [6.07, 6.45) is 3.18. The number of aromatic nitrogens is 1. The van der Waals surface area contributed by atoms with Crippen molar-refractivity contribution in [2.75, 3.05) is 26.3 Å². The fraction of sp³-hybridized carbons (Fsp3) is 0.450. The monoisotopic (exact) mass is 355 g/mol. The average Bonchev–Trinajstić information content (AvgIpc) is 2.98. The molecule has 0 spiro atoms. The molecule has 2 saturated heterocycles. The van der Waals surface area contributed by atoms with Crippen molar-refractivity contribution in [1.82, 2.24) is 14.8 Å². The van der Waals surface area contributed by atoms with E-state index in [1.165, 1.54) is 0 Å². The molecule has 5 nitrogen and oxygen atoms in total. The largest absolute Gasteiger partial charge is 0.340 e. The van der Waals surface area contributed by atoms with Crippen LogP contribution < -0.4 is 0 Å². The summed E-state index contributed by atoms with van der Waals surface area (Å²) in [5, 5.41) is 1.01. The fourth-order valence-electron chi connectivity index (χ4n) is 4.15. The molecule has 4 rings (SSSR count). The quantitative estimate of drug-likeness (QED) is 0.847. The van der Waals surface area contributed by atoms with E-state index in [9.17, 15) is 14.0 Å². The van der Waals surface area contributed by atoms with E-state index in [0.717, 1.165) is 17.3 Å². The fourth-order valence-corrected chi connectivity index (χ4v) is 4.15. The maximum Gasteiger partial charge on any atom is 0.254 e. The molecular formula is C20H22FN3O2. The predicted molar refractivity (Wildman–Crippen MR) is 96.5 cm³/mol. The molecule has 2 fully saturated rings. The van der Waals surface area contributed by atoms with Crippen molar-refractivity contribution in [3.05, 3.63) is 42.1 Å². The zero-order valence-electron chi connectivity index (χ0n) is 14.6. The van der Waals surface area contributed by atoms with E-state index >= 15 is 0 Å². The van der Waals surface area contributed by atoms with Gasteiger partial charge in [0.1, 0.15) is 0 Å². The first-order valence-corrected chi connectivity index (χ1v) is 9.15. The van der Waals surface area contributed by atoms with E-state index in [2.05, 4.69) is 4.98 Å². The van der Waals surface area contributed by atoms with Crippen LogP contribution in [0.2, 0.25) is 0 Å². The summed E-state index contributed by atoms with van der Waals surface area (Å²) in [4.78, 5) is 33.3. The summed E-state index contributed by atoms with van der Waals surface area (Å²) in [7, 11) is 0. The first-order valence-electron chi connectivity index (χ1n) is 9.15. The van der Waals surface area contributed by atoms with E-state index in [0.29, 0.717) is 31.1 Å². The summed E-state index contributed by atoms with van der Waals surface area (Å²) in [6, 6.07) is 9.51. The lowest BCUT2D eigenvalue weighted by atomic mass is 9.99. The Morgan fingerprint density at radius 1 is 1.19 bits per heavy atom. The van der Waals surface area contributed by atoms with Gasteiger partial charge in [0.15, 0.2) is 0 Å². The molecule has 26 heavy (non-hydrogen) atoms. The molecule has 3 heterocycles. The van der Waals surface area contributed by atoms with Crippen molar-refractivity contribution in [2.24, 2.45) is 5.92 Å². The Bertz CT molecular complexity index is 841. The maximum absolute atomic E-state index is 13.0. The molecule has 2 atom stereocenters. The van der Waals surface area contributed by atoms with E-state index < -0.39 is 6.67 Å². The summed E-state index contributed by atoms with van der Waals surface area (Å²) in [5.41, 5.74) is 1.45. The third kappa shape index (κ3) is 3.16. The Balaban J connectivity index is 1.49. The van der Waals surface area contributed by atoms with Gasteiger partial charge in [-0.2, -0.15) is 0 Å². The number of hydrogen-bond donors (Lipinski definition) is 0. The topological polar surface area (TPSA) is 53.5 Å². The van der Waals surface area contributed by atoms with Gasteiger partial charge in [0.05, 0.1) is 18.2 Å². The van der Waals surface area contributed by atoms with E-state index in [1.54, 1.807) is 6.20 Å². The number of alkyl halides is 1. The van der Waals surface area contributed by atoms with Crippen LogP contribution in [0.15, 0.2) is 36.5 Å². The number of pyridine rings is 1. The van der Waals surface area contributed by atoms with Crippen LogP contribution in [0, 0.1) is 5.92 Å². The molecular weight excluding hydrogens is 333 g/mol. The molecule has 0 saturated carbocycles. The smallest absolute Gasteiger partial charge is 0.254 e. The molecule has 2 amide bonds. The number of hydrogen-bond acceptors (Lipinski definition) is 3. The number of halogens is 1. The summed E-state index contributed by atoms with van der Waals surface area (Å²) < 4.78 is 12.3. The van der Waals surface area contributed by atoms with Gasteiger partial charge in [0, 0.05) is 43.2 Å². The lowest BCUT2D eigenvalue weighted by Crippen LogP contribution is -2.46. The first kappa shape index (κ1) is 16.9. The van der Waals surface area contributed by atoms with Gasteiger partial charge in [-0.1, -0.05) is 12.1 Å². The van der Waals surface area contributed by atoms with Crippen LogP contribution in [0.4, 0.5) is 4.39 Å². The molecule has 6 heteroatoms. The van der Waals surface area contributed by atoms with Gasteiger partial charge in [0.2, 0.25) is 5.91 Å². The second-order valence-electron chi connectivity index (χ2n) is 7.22. The molecule has 2 bridgehead atoms. The number of fused-ring (bicyclic) bond motifs is 3. The molecule has 2 aliphatic heterocycles. The van der Waals surface area contributed by atoms with Gasteiger partial charge in [-0.3, -0.25) is 19.0 Å². The Kier molecular flexibility index (Phi) is 4.57. The predicted octanol–water partition coefficient (Wildman–Crippen LogP) is 2.66. The number of likely N-dealkylation sites (tertiary alicyclic amines) is 2. The van der Waals surface area contributed by atoms with E-state index in [-0.39, 0.29) is 30.7 Å². The minimum absolute atomic E-state index is 0.00144. The van der Waals surface area contributed by atoms with Crippen LogP contribution in [-0.2, 0) is 4.79 Å². The van der Waals surface area contributed by atoms with E-state index in [1.807, 2.05) is 40.1 Å². The van der Waals surface area contributed by atoms with Gasteiger partial charge >= 0.3 is 0 Å². The molecule has 0 radical (unpaired) electrons. The molecule has 136 valence electrons. The second-order valence-corrected chi connectivity index (χ2v) is 7.22. The van der Waals surface area contributed by atoms with Crippen LogP contribution in [0.25, 0.3) is 10.9 Å². The minimum atomic E-state index is -0.465. The van der Waals surface area contributed by atoms with Crippen molar-refractivity contribution in [2.45, 2.75) is 25.3 Å². The second kappa shape index (κ2) is 7.02. The lowest BCUT2D eigenvalue weighted by molar-refractivity contribution is -0.133. The first-order chi connectivity index (χ1) is 12.7. The molecule has 0 N–H and O–H groups in total. The maximum atomic E-state index is 13.0. The highest BCUT2D eigenvalue weighted by Crippen LogP contribution is 2.31. The van der Waals surface area contributed by atoms with Crippen LogP contribution in [0.1, 0.15) is 29.6 Å².